The highest BCUT2D eigenvalue weighted by Crippen LogP contribution is 2.48. The van der Waals surface area contributed by atoms with Gasteiger partial charge in [0.15, 0.2) is 0 Å². The normalized spacial score (nSPS) is 17.6. The molecule has 0 saturated carbocycles. The second-order valence-corrected chi connectivity index (χ2v) is 13.8. The average Bonchev–Trinajstić information content (AvgIpc) is 2.97. The second kappa shape index (κ2) is 8.04. The molecular formula is C39H36BN. The minimum Gasteiger partial charge on any atom is -0.310 e. The van der Waals surface area contributed by atoms with Gasteiger partial charge >= 0.3 is 0 Å². The van der Waals surface area contributed by atoms with Crippen molar-refractivity contribution in [1.82, 2.24) is 0 Å². The molecule has 3 aliphatic heterocycles. The van der Waals surface area contributed by atoms with Crippen LogP contribution >= 0.6 is 0 Å². The maximum absolute atomic E-state index is 2.51. The standard InChI is InChI=1S/C39H36BN/c1-37(2)28-19-13-21-30-34(28)40-35-29(37)20-14-22-31(35)39(5,6)33-24-27(23-32(36(33)40)38(30,3)4)41(25-15-9-7-10-16-25)26-17-11-8-12-18-26/h7-24H,1-6H3. The smallest absolute Gasteiger partial charge is 0.243 e. The van der Waals surface area contributed by atoms with Crippen LogP contribution in [0.5, 0.6) is 0 Å². The van der Waals surface area contributed by atoms with Crippen LogP contribution in [-0.4, -0.2) is 6.71 Å². The highest BCUT2D eigenvalue weighted by atomic mass is 15.1. The molecule has 2 heteroatoms. The van der Waals surface area contributed by atoms with Gasteiger partial charge < -0.3 is 4.90 Å². The summed E-state index contributed by atoms with van der Waals surface area (Å²) in [5.74, 6) is 0. The minimum atomic E-state index is -0.128. The first-order valence-electron chi connectivity index (χ1n) is 15.0. The predicted molar refractivity (Wildman–Crippen MR) is 175 cm³/mol. The molecule has 0 N–H and O–H groups in total. The van der Waals surface area contributed by atoms with Gasteiger partial charge in [0.1, 0.15) is 0 Å². The van der Waals surface area contributed by atoms with Crippen LogP contribution in [0, 0.1) is 0 Å². The molecule has 200 valence electrons. The van der Waals surface area contributed by atoms with E-state index >= 15 is 0 Å². The van der Waals surface area contributed by atoms with Crippen LogP contribution in [0.4, 0.5) is 17.1 Å². The van der Waals surface area contributed by atoms with Crippen molar-refractivity contribution in [2.45, 2.75) is 57.8 Å². The molecule has 0 spiro atoms. The highest BCUT2D eigenvalue weighted by molar-refractivity contribution is 6.98. The molecule has 1 nitrogen and oxygen atoms in total. The van der Waals surface area contributed by atoms with Gasteiger partial charge in [-0.2, -0.15) is 0 Å². The Morgan fingerprint density at radius 1 is 0.390 bits per heavy atom. The van der Waals surface area contributed by atoms with Gasteiger partial charge in [0, 0.05) is 33.3 Å². The summed E-state index contributed by atoms with van der Waals surface area (Å²) in [6.45, 7) is 14.9. The molecule has 5 aromatic carbocycles. The van der Waals surface area contributed by atoms with Crippen LogP contribution in [0.3, 0.4) is 0 Å². The Morgan fingerprint density at radius 3 is 1.12 bits per heavy atom. The number of para-hydroxylation sites is 2. The van der Waals surface area contributed by atoms with E-state index in [1.54, 1.807) is 16.4 Å². The van der Waals surface area contributed by atoms with E-state index in [2.05, 4.69) is 156 Å². The van der Waals surface area contributed by atoms with Gasteiger partial charge in [0.25, 0.3) is 0 Å². The fourth-order valence-electron chi connectivity index (χ4n) is 8.51. The van der Waals surface area contributed by atoms with Crippen molar-refractivity contribution in [1.29, 1.82) is 0 Å². The number of anilines is 3. The molecule has 0 amide bonds. The van der Waals surface area contributed by atoms with Crippen molar-refractivity contribution >= 4 is 40.2 Å². The molecule has 3 heterocycles. The van der Waals surface area contributed by atoms with E-state index in [4.69, 9.17) is 0 Å². The number of rotatable bonds is 3. The highest BCUT2D eigenvalue weighted by Gasteiger charge is 2.54. The van der Waals surface area contributed by atoms with Crippen LogP contribution in [0.25, 0.3) is 0 Å². The molecule has 41 heavy (non-hydrogen) atoms. The summed E-state index contributed by atoms with van der Waals surface area (Å²) < 4.78 is 0. The number of hydrogen-bond acceptors (Lipinski definition) is 1. The van der Waals surface area contributed by atoms with Crippen molar-refractivity contribution in [3.05, 3.63) is 143 Å². The minimum absolute atomic E-state index is 0.0360. The molecule has 0 radical (unpaired) electrons. The third-order valence-electron chi connectivity index (χ3n) is 10.6. The molecule has 0 atom stereocenters. The molecule has 0 fully saturated rings. The van der Waals surface area contributed by atoms with Gasteiger partial charge in [-0.1, -0.05) is 131 Å². The monoisotopic (exact) mass is 529 g/mol. The van der Waals surface area contributed by atoms with Gasteiger partial charge in [-0.25, -0.2) is 0 Å². The van der Waals surface area contributed by atoms with E-state index in [1.807, 2.05) is 0 Å². The molecule has 0 saturated heterocycles. The SMILES string of the molecule is CC1(C)c2cccc3c2B2c4c1cccc4C(C)(C)c1cc(N(c4ccccc4)c4ccccc4)cc(c12)C3(C)C. The molecule has 0 unspecified atom stereocenters. The van der Waals surface area contributed by atoms with E-state index in [0.29, 0.717) is 0 Å². The van der Waals surface area contributed by atoms with Crippen molar-refractivity contribution in [3.63, 3.8) is 0 Å². The zero-order valence-electron chi connectivity index (χ0n) is 24.9. The Kier molecular flexibility index (Phi) is 4.85. The van der Waals surface area contributed by atoms with Crippen LogP contribution in [0.15, 0.2) is 109 Å². The summed E-state index contributed by atoms with van der Waals surface area (Å²) in [6, 6.07) is 40.9. The molecule has 0 aliphatic carbocycles. The Hall–Kier alpha value is -4.04. The fraction of sp³-hybridized carbons (Fsp3) is 0.231. The first-order chi connectivity index (χ1) is 19.6. The van der Waals surface area contributed by atoms with Gasteiger partial charge in [0.05, 0.1) is 0 Å². The Bertz CT molecular complexity index is 1730. The van der Waals surface area contributed by atoms with Gasteiger partial charge in [0.2, 0.25) is 6.71 Å². The largest absolute Gasteiger partial charge is 0.310 e. The van der Waals surface area contributed by atoms with E-state index in [-0.39, 0.29) is 23.0 Å². The van der Waals surface area contributed by atoms with E-state index in [1.165, 1.54) is 50.4 Å². The lowest BCUT2D eigenvalue weighted by Gasteiger charge is -2.52. The predicted octanol–water partition coefficient (Wildman–Crippen LogP) is 7.59. The molecule has 3 aliphatic rings. The lowest BCUT2D eigenvalue weighted by Crippen LogP contribution is -2.71. The van der Waals surface area contributed by atoms with Gasteiger partial charge in [-0.15, -0.1) is 0 Å². The zero-order chi connectivity index (χ0) is 28.3. The maximum atomic E-state index is 2.51. The quantitative estimate of drug-likeness (QED) is 0.218. The van der Waals surface area contributed by atoms with E-state index in [9.17, 15) is 0 Å². The van der Waals surface area contributed by atoms with E-state index < -0.39 is 0 Å². The average molecular weight is 530 g/mol. The summed E-state index contributed by atoms with van der Waals surface area (Å²) in [4.78, 5) is 2.44. The van der Waals surface area contributed by atoms with Crippen molar-refractivity contribution in [2.75, 3.05) is 4.90 Å². The number of nitrogens with zero attached hydrogens (tertiary/aromatic N) is 1. The van der Waals surface area contributed by atoms with Crippen molar-refractivity contribution in [3.8, 4) is 0 Å². The van der Waals surface area contributed by atoms with Crippen LogP contribution in [-0.2, 0) is 16.2 Å². The lowest BCUT2D eigenvalue weighted by atomic mass is 9.23. The van der Waals surface area contributed by atoms with Crippen molar-refractivity contribution < 1.29 is 0 Å². The first kappa shape index (κ1) is 24.7. The Labute approximate surface area is 245 Å². The summed E-state index contributed by atoms with van der Waals surface area (Å²) in [6.07, 6.45) is 0. The van der Waals surface area contributed by atoms with Crippen LogP contribution in [0.2, 0.25) is 0 Å². The molecule has 8 rings (SSSR count). The summed E-state index contributed by atoms with van der Waals surface area (Å²) in [5, 5.41) is 0. The fourth-order valence-corrected chi connectivity index (χ4v) is 8.51. The topological polar surface area (TPSA) is 3.24 Å². The zero-order valence-corrected chi connectivity index (χ0v) is 24.9. The Morgan fingerprint density at radius 2 is 0.732 bits per heavy atom. The Balaban J connectivity index is 1.50. The molecular weight excluding hydrogens is 493 g/mol. The summed E-state index contributed by atoms with van der Waals surface area (Å²) >= 11 is 0. The number of hydrogen-bond donors (Lipinski definition) is 0. The third-order valence-corrected chi connectivity index (χ3v) is 10.6. The lowest BCUT2D eigenvalue weighted by molar-refractivity contribution is 0.599. The van der Waals surface area contributed by atoms with Crippen LogP contribution < -0.4 is 21.3 Å². The number of benzene rings is 5. The van der Waals surface area contributed by atoms with Crippen molar-refractivity contribution in [2.24, 2.45) is 0 Å². The van der Waals surface area contributed by atoms with E-state index in [0.717, 1.165) is 0 Å². The molecule has 0 aromatic heterocycles. The van der Waals surface area contributed by atoms with Gasteiger partial charge in [-0.05, 0) is 69.8 Å². The second-order valence-electron chi connectivity index (χ2n) is 13.8. The third kappa shape index (κ3) is 3.09. The summed E-state index contributed by atoms with van der Waals surface area (Å²) in [7, 11) is 0. The van der Waals surface area contributed by atoms with Crippen LogP contribution in [0.1, 0.15) is 74.9 Å². The molecule has 0 bridgehead atoms. The first-order valence-corrected chi connectivity index (χ1v) is 15.0. The maximum Gasteiger partial charge on any atom is 0.243 e. The van der Waals surface area contributed by atoms with Gasteiger partial charge in [-0.3, -0.25) is 0 Å². The molecule has 5 aromatic rings. The summed E-state index contributed by atoms with van der Waals surface area (Å²) in [5.41, 5.74) is 16.8.